The summed E-state index contributed by atoms with van der Waals surface area (Å²) in [5, 5.41) is 15.6. The van der Waals surface area contributed by atoms with Gasteiger partial charge in [0.15, 0.2) is 23.1 Å². The van der Waals surface area contributed by atoms with Crippen LogP contribution in [0, 0.1) is 5.92 Å². The van der Waals surface area contributed by atoms with Crippen molar-refractivity contribution >= 4 is 29.4 Å². The summed E-state index contributed by atoms with van der Waals surface area (Å²) in [5.74, 6) is -7.87. The number of halogens is 3. The Kier molecular flexibility index (Phi) is 9.12. The zero-order valence-electron chi connectivity index (χ0n) is 18.1. The fourth-order valence-electron chi connectivity index (χ4n) is 3.11. The van der Waals surface area contributed by atoms with Gasteiger partial charge in [-0.25, -0.2) is 9.59 Å². The molecular weight excluding hydrogens is 465 g/mol. The molecule has 10 nitrogen and oxygen atoms in total. The lowest BCUT2D eigenvalue weighted by Gasteiger charge is -2.21. The van der Waals surface area contributed by atoms with Gasteiger partial charge in [-0.05, 0) is 57.0 Å². The molecule has 0 aromatic heterocycles. The molecule has 1 heterocycles. The number of nitrogens with one attached hydrogen (secondary N) is 2. The second-order valence-corrected chi connectivity index (χ2v) is 7.59. The van der Waals surface area contributed by atoms with Gasteiger partial charge >= 0.3 is 18.1 Å². The van der Waals surface area contributed by atoms with E-state index in [1.54, 1.807) is 0 Å². The average molecular weight is 488 g/mol. The van der Waals surface area contributed by atoms with Crippen LogP contribution in [0.4, 0.5) is 13.2 Å². The number of phenols is 1. The normalized spacial score (nSPS) is 15.2. The number of benzene rings is 1. The first kappa shape index (κ1) is 26.8. The quantitative estimate of drug-likeness (QED) is 0.263. The topological polar surface area (TPSA) is 148 Å². The molecule has 1 atom stereocenters. The summed E-state index contributed by atoms with van der Waals surface area (Å²) in [6.07, 6.45) is -5.85. The van der Waals surface area contributed by atoms with E-state index in [2.05, 4.69) is 15.4 Å². The van der Waals surface area contributed by atoms with Gasteiger partial charge in [-0.2, -0.15) is 13.2 Å². The van der Waals surface area contributed by atoms with Crippen molar-refractivity contribution in [2.24, 2.45) is 5.92 Å². The Morgan fingerprint density at radius 3 is 2.41 bits per heavy atom. The number of alkyl halides is 3. The molecule has 0 spiro atoms. The first-order valence-electron chi connectivity index (χ1n) is 10.2. The summed E-state index contributed by atoms with van der Waals surface area (Å²) in [4.78, 5) is 58.9. The second kappa shape index (κ2) is 11.6. The van der Waals surface area contributed by atoms with E-state index < -0.39 is 47.3 Å². The van der Waals surface area contributed by atoms with Gasteiger partial charge in [0.1, 0.15) is 0 Å². The van der Waals surface area contributed by atoms with Crippen LogP contribution in [0.2, 0.25) is 0 Å². The molecular formula is C21H23F3N2O8. The highest BCUT2D eigenvalue weighted by molar-refractivity contribution is 6.05. The molecule has 1 fully saturated rings. The number of esters is 2. The fourth-order valence-corrected chi connectivity index (χ4v) is 3.11. The van der Waals surface area contributed by atoms with Gasteiger partial charge in [0.2, 0.25) is 5.91 Å². The van der Waals surface area contributed by atoms with Crippen molar-refractivity contribution in [3.63, 3.8) is 0 Å². The molecule has 1 saturated heterocycles. The van der Waals surface area contributed by atoms with Crippen LogP contribution >= 0.6 is 0 Å². The lowest BCUT2D eigenvalue weighted by atomic mass is 9.94. The summed E-state index contributed by atoms with van der Waals surface area (Å²) in [6, 6.07) is 3.10. The van der Waals surface area contributed by atoms with Gasteiger partial charge in [0.05, 0.1) is 6.54 Å². The minimum Gasteiger partial charge on any atom is -0.504 e. The third-order valence-corrected chi connectivity index (χ3v) is 4.91. The molecule has 2 rings (SSSR count). The molecule has 1 aromatic rings. The molecule has 0 aliphatic carbocycles. The van der Waals surface area contributed by atoms with Gasteiger partial charge in [0, 0.05) is 12.0 Å². The zero-order valence-corrected chi connectivity index (χ0v) is 18.1. The summed E-state index contributed by atoms with van der Waals surface area (Å²) < 4.78 is 45.5. The van der Waals surface area contributed by atoms with E-state index in [9.17, 15) is 42.3 Å². The number of ether oxygens (including phenoxy) is 2. The summed E-state index contributed by atoms with van der Waals surface area (Å²) in [6.45, 7) is 2.03. The van der Waals surface area contributed by atoms with E-state index in [4.69, 9.17) is 4.74 Å². The van der Waals surface area contributed by atoms with Crippen molar-refractivity contribution in [2.45, 2.75) is 38.5 Å². The highest BCUT2D eigenvalue weighted by atomic mass is 19.4. The largest absolute Gasteiger partial charge is 0.504 e. The Bertz CT molecular complexity index is 958. The smallest absolute Gasteiger partial charge is 0.491 e. The molecule has 1 aromatic carbocycles. The fraction of sp³-hybridized carbons (Fsp3) is 0.476. The molecule has 3 N–H and O–H groups in total. The van der Waals surface area contributed by atoms with Crippen LogP contribution in [-0.4, -0.2) is 66.4 Å². The van der Waals surface area contributed by atoms with Crippen molar-refractivity contribution in [3.8, 4) is 11.5 Å². The van der Waals surface area contributed by atoms with Crippen LogP contribution in [0.3, 0.4) is 0 Å². The molecule has 0 bridgehead atoms. The molecule has 0 radical (unpaired) electrons. The van der Waals surface area contributed by atoms with Crippen molar-refractivity contribution in [2.75, 3.05) is 19.6 Å². The lowest BCUT2D eigenvalue weighted by Crippen LogP contribution is -2.39. The summed E-state index contributed by atoms with van der Waals surface area (Å²) in [7, 11) is 0. The van der Waals surface area contributed by atoms with Crippen LogP contribution < -0.4 is 15.4 Å². The number of phenolic OH excluding ortho intramolecular Hbond substituents is 1. The van der Waals surface area contributed by atoms with E-state index in [0.29, 0.717) is 0 Å². The van der Waals surface area contributed by atoms with Gasteiger partial charge in [0.25, 0.3) is 6.10 Å². The van der Waals surface area contributed by atoms with E-state index in [1.807, 2.05) is 0 Å². The molecule has 13 heteroatoms. The van der Waals surface area contributed by atoms with Crippen molar-refractivity contribution in [1.29, 1.82) is 0 Å². The summed E-state index contributed by atoms with van der Waals surface area (Å²) >= 11 is 0. The number of ketones is 2. The predicted octanol–water partition coefficient (Wildman–Crippen LogP) is 1.05. The Hall–Kier alpha value is -3.48. The van der Waals surface area contributed by atoms with Crippen molar-refractivity contribution in [1.82, 2.24) is 10.6 Å². The maximum absolute atomic E-state index is 12.4. The molecule has 34 heavy (non-hydrogen) atoms. The Morgan fingerprint density at radius 2 is 1.82 bits per heavy atom. The van der Waals surface area contributed by atoms with E-state index >= 15 is 0 Å². The first-order chi connectivity index (χ1) is 15.9. The minimum absolute atomic E-state index is 0.0861. The SMILES string of the molecule is CC(=O)C(Oc1cc(C(=O)CNC(=O)CC2CCNCC2)ccc1O)C(=O)OC(=O)C(F)(F)F. The zero-order chi connectivity index (χ0) is 25.5. The number of carbonyl (C=O) groups is 5. The third-order valence-electron chi connectivity index (χ3n) is 4.91. The minimum atomic E-state index is -5.48. The highest BCUT2D eigenvalue weighted by Crippen LogP contribution is 2.29. The number of Topliss-reactive ketones (excluding diaryl/α,β-unsaturated/α-hetero) is 2. The number of amides is 1. The third kappa shape index (κ3) is 7.83. The van der Waals surface area contributed by atoms with E-state index in [-0.39, 0.29) is 30.4 Å². The second-order valence-electron chi connectivity index (χ2n) is 7.59. The van der Waals surface area contributed by atoms with E-state index in [0.717, 1.165) is 45.0 Å². The predicted molar refractivity (Wildman–Crippen MR) is 108 cm³/mol. The van der Waals surface area contributed by atoms with Gasteiger partial charge < -0.3 is 25.2 Å². The number of aromatic hydroxyl groups is 1. The number of carbonyl (C=O) groups excluding carboxylic acids is 5. The number of piperidine rings is 1. The average Bonchev–Trinajstić information content (AvgIpc) is 2.76. The summed E-state index contributed by atoms with van der Waals surface area (Å²) in [5.41, 5.74) is -0.0861. The maximum atomic E-state index is 12.4. The molecule has 0 saturated carbocycles. The first-order valence-corrected chi connectivity index (χ1v) is 10.2. The van der Waals surface area contributed by atoms with Crippen LogP contribution in [0.1, 0.15) is 36.5 Å². The van der Waals surface area contributed by atoms with Gasteiger partial charge in [-0.15, -0.1) is 0 Å². The molecule has 1 aliphatic heterocycles. The highest BCUT2D eigenvalue weighted by Gasteiger charge is 2.44. The molecule has 186 valence electrons. The van der Waals surface area contributed by atoms with Crippen LogP contribution in [0.25, 0.3) is 0 Å². The lowest BCUT2D eigenvalue weighted by molar-refractivity contribution is -0.203. The van der Waals surface area contributed by atoms with Crippen LogP contribution in [0.15, 0.2) is 18.2 Å². The van der Waals surface area contributed by atoms with Crippen LogP contribution in [-0.2, 0) is 23.9 Å². The molecule has 1 aliphatic rings. The van der Waals surface area contributed by atoms with Gasteiger partial charge in [-0.3, -0.25) is 14.4 Å². The van der Waals surface area contributed by atoms with Crippen molar-refractivity contribution in [3.05, 3.63) is 23.8 Å². The van der Waals surface area contributed by atoms with Crippen LogP contribution in [0.5, 0.6) is 11.5 Å². The maximum Gasteiger partial charge on any atom is 0.491 e. The number of rotatable bonds is 9. The van der Waals surface area contributed by atoms with E-state index in [1.165, 1.54) is 6.07 Å². The van der Waals surface area contributed by atoms with Crippen molar-refractivity contribution < 1.29 is 51.7 Å². The molecule has 1 unspecified atom stereocenters. The Balaban J connectivity index is 2.03. The Labute approximate surface area is 191 Å². The number of hydrogen-bond donors (Lipinski definition) is 3. The Morgan fingerprint density at radius 1 is 1.18 bits per heavy atom. The standard InChI is InChI=1S/C21H23F3N2O8/c1-11(27)18(19(31)34-20(32)21(22,23)24)33-16-9-13(2-3-14(16)28)15(29)10-26-17(30)8-12-4-6-25-7-5-12/h2-3,9,12,18,25,28H,4-8,10H2,1H3,(H,26,30). The van der Waals surface area contributed by atoms with Gasteiger partial charge in [-0.1, -0.05) is 0 Å². The molecule has 1 amide bonds. The monoisotopic (exact) mass is 488 g/mol. The number of hydrogen-bond acceptors (Lipinski definition) is 9.